The van der Waals surface area contributed by atoms with Crippen molar-refractivity contribution in [2.45, 2.75) is 64.5 Å². The van der Waals surface area contributed by atoms with Gasteiger partial charge >= 0.3 is 24.4 Å². The van der Waals surface area contributed by atoms with E-state index in [9.17, 15) is 40.3 Å². The molecule has 234 valence electrons. The SMILES string of the molecule is COc1cc(F)c(C(C)C)cc1C1=C(CN2C(=O)O[C@H](c3cc(C)cc(C(F)(F)F)c3)[C@@H]2C)CN(C(=O)C(F)(F)F)CC1. The molecule has 0 radical (unpaired) electrons. The van der Waals surface area contributed by atoms with Crippen molar-refractivity contribution >= 4 is 17.6 Å². The fourth-order valence-corrected chi connectivity index (χ4v) is 5.58. The topological polar surface area (TPSA) is 59.1 Å². The normalized spacial score (nSPS) is 19.8. The zero-order valence-corrected chi connectivity index (χ0v) is 24.1. The molecule has 13 heteroatoms. The van der Waals surface area contributed by atoms with Crippen LogP contribution in [0.25, 0.3) is 5.57 Å². The van der Waals surface area contributed by atoms with E-state index in [1.807, 2.05) is 0 Å². The van der Waals surface area contributed by atoms with E-state index < -0.39 is 54.4 Å². The average Bonchev–Trinajstić information content (AvgIpc) is 3.19. The quantitative estimate of drug-likeness (QED) is 0.317. The third-order valence-electron chi connectivity index (χ3n) is 7.74. The summed E-state index contributed by atoms with van der Waals surface area (Å²) in [7, 11) is 1.32. The maximum absolute atomic E-state index is 14.8. The Bertz CT molecular complexity index is 1450. The highest BCUT2D eigenvalue weighted by molar-refractivity contribution is 5.85. The molecular formula is C30H31F7N2O4. The van der Waals surface area contributed by atoms with Crippen LogP contribution in [-0.4, -0.2) is 60.8 Å². The molecule has 0 N–H and O–H groups in total. The number of carbonyl (C=O) groups excluding carboxylic acids is 2. The number of ether oxygens (including phenoxy) is 2. The molecule has 0 spiro atoms. The third kappa shape index (κ3) is 6.59. The lowest BCUT2D eigenvalue weighted by Gasteiger charge is -2.34. The summed E-state index contributed by atoms with van der Waals surface area (Å²) < 4.78 is 106. The highest BCUT2D eigenvalue weighted by Gasteiger charge is 2.45. The van der Waals surface area contributed by atoms with E-state index in [1.54, 1.807) is 26.8 Å². The monoisotopic (exact) mass is 616 g/mol. The number of alkyl halides is 6. The zero-order chi connectivity index (χ0) is 32.0. The zero-order valence-electron chi connectivity index (χ0n) is 24.1. The van der Waals surface area contributed by atoms with Crippen LogP contribution in [-0.2, 0) is 15.7 Å². The molecule has 0 saturated carbocycles. The summed E-state index contributed by atoms with van der Waals surface area (Å²) in [5, 5.41) is 0. The van der Waals surface area contributed by atoms with Crippen LogP contribution in [0, 0.1) is 12.7 Å². The molecule has 2 aromatic rings. The van der Waals surface area contributed by atoms with Crippen LogP contribution in [0.2, 0.25) is 0 Å². The lowest BCUT2D eigenvalue weighted by Crippen LogP contribution is -2.46. The summed E-state index contributed by atoms with van der Waals surface area (Å²) in [5.41, 5.74) is 0.986. The standard InChI is InChI=1S/C30H31F7N2O4/c1-15(2)22-11-23(25(42-5)12-24(22)31)21-6-7-38(27(40)30(35,36)37)13-19(21)14-39-17(4)26(43-28(39)41)18-8-16(3)9-20(10-18)29(32,33)34/h8-12,15,17,26H,6-7,13-14H2,1-5H3/t17-,26-/m0/s1. The van der Waals surface area contributed by atoms with Gasteiger partial charge in [-0.05, 0) is 66.7 Å². The second kappa shape index (κ2) is 11.7. The van der Waals surface area contributed by atoms with Crippen molar-refractivity contribution in [3.63, 3.8) is 0 Å². The van der Waals surface area contributed by atoms with Gasteiger partial charge in [0.1, 0.15) is 17.7 Å². The highest BCUT2D eigenvalue weighted by Crippen LogP contribution is 2.41. The van der Waals surface area contributed by atoms with Crippen molar-refractivity contribution < 1.29 is 49.8 Å². The fourth-order valence-electron chi connectivity index (χ4n) is 5.58. The molecule has 1 fully saturated rings. The molecule has 0 aliphatic carbocycles. The number of methoxy groups -OCH3 is 1. The van der Waals surface area contributed by atoms with Gasteiger partial charge in [0, 0.05) is 31.3 Å². The van der Waals surface area contributed by atoms with Gasteiger partial charge in [0.25, 0.3) is 0 Å². The minimum absolute atomic E-state index is 0.0514. The molecule has 1 saturated heterocycles. The largest absolute Gasteiger partial charge is 0.496 e. The number of cyclic esters (lactones) is 1. The molecule has 2 amide bonds. The van der Waals surface area contributed by atoms with Crippen molar-refractivity contribution in [3.05, 3.63) is 69.5 Å². The Hall–Kier alpha value is -3.77. The number of nitrogens with zero attached hydrogens (tertiary/aromatic N) is 2. The molecule has 2 heterocycles. The van der Waals surface area contributed by atoms with E-state index in [-0.39, 0.29) is 42.3 Å². The molecular weight excluding hydrogens is 585 g/mol. The molecule has 2 aromatic carbocycles. The first-order valence-corrected chi connectivity index (χ1v) is 13.5. The Morgan fingerprint density at radius 3 is 2.35 bits per heavy atom. The summed E-state index contributed by atoms with van der Waals surface area (Å²) >= 11 is 0. The van der Waals surface area contributed by atoms with Gasteiger partial charge in [-0.3, -0.25) is 9.69 Å². The summed E-state index contributed by atoms with van der Waals surface area (Å²) in [6.45, 7) is 5.50. The van der Waals surface area contributed by atoms with Crippen LogP contribution >= 0.6 is 0 Å². The predicted octanol–water partition coefficient (Wildman–Crippen LogP) is 7.42. The minimum Gasteiger partial charge on any atom is -0.496 e. The van der Waals surface area contributed by atoms with Crippen LogP contribution in [0.1, 0.15) is 67.0 Å². The fraction of sp³-hybridized carbons (Fsp3) is 0.467. The van der Waals surface area contributed by atoms with E-state index in [2.05, 4.69) is 0 Å². The molecule has 6 nitrogen and oxygen atoms in total. The number of aryl methyl sites for hydroxylation is 1. The Kier molecular flexibility index (Phi) is 8.77. The number of carbonyl (C=O) groups is 2. The van der Waals surface area contributed by atoms with Crippen molar-refractivity contribution in [2.75, 3.05) is 26.7 Å². The number of halogens is 7. The van der Waals surface area contributed by atoms with Crippen LogP contribution < -0.4 is 4.74 Å². The first kappa shape index (κ1) is 32.2. The molecule has 43 heavy (non-hydrogen) atoms. The maximum Gasteiger partial charge on any atom is 0.471 e. The third-order valence-corrected chi connectivity index (χ3v) is 7.74. The second-order valence-electron chi connectivity index (χ2n) is 11.1. The molecule has 0 aromatic heterocycles. The summed E-state index contributed by atoms with van der Waals surface area (Å²) in [6, 6.07) is 5.25. The molecule has 4 rings (SSSR count). The summed E-state index contributed by atoms with van der Waals surface area (Å²) in [6.07, 6.45) is -11.8. The molecule has 2 atom stereocenters. The average molecular weight is 617 g/mol. The molecule has 0 bridgehead atoms. The van der Waals surface area contributed by atoms with Gasteiger partial charge in [0.15, 0.2) is 0 Å². The van der Waals surface area contributed by atoms with Crippen molar-refractivity contribution in [2.24, 2.45) is 0 Å². The van der Waals surface area contributed by atoms with Gasteiger partial charge in [0.05, 0.1) is 18.7 Å². The highest BCUT2D eigenvalue weighted by atomic mass is 19.4. The van der Waals surface area contributed by atoms with Gasteiger partial charge in [0.2, 0.25) is 0 Å². The second-order valence-corrected chi connectivity index (χ2v) is 11.1. The van der Waals surface area contributed by atoms with Crippen LogP contribution in [0.4, 0.5) is 35.5 Å². The molecule has 2 aliphatic rings. The lowest BCUT2D eigenvalue weighted by atomic mass is 9.89. The van der Waals surface area contributed by atoms with Gasteiger partial charge in [-0.15, -0.1) is 0 Å². The Balaban J connectivity index is 1.77. The first-order chi connectivity index (χ1) is 19.9. The predicted molar refractivity (Wildman–Crippen MR) is 143 cm³/mol. The van der Waals surface area contributed by atoms with E-state index in [4.69, 9.17) is 9.47 Å². The van der Waals surface area contributed by atoms with Crippen LogP contribution in [0.3, 0.4) is 0 Å². The van der Waals surface area contributed by atoms with E-state index in [0.29, 0.717) is 27.2 Å². The maximum atomic E-state index is 14.8. The summed E-state index contributed by atoms with van der Waals surface area (Å²) in [4.78, 5) is 27.1. The number of rotatable bonds is 6. The number of hydrogen-bond acceptors (Lipinski definition) is 4. The van der Waals surface area contributed by atoms with Gasteiger partial charge in [-0.1, -0.05) is 25.5 Å². The number of benzene rings is 2. The van der Waals surface area contributed by atoms with Crippen molar-refractivity contribution in [3.8, 4) is 5.75 Å². The van der Waals surface area contributed by atoms with E-state index >= 15 is 0 Å². The summed E-state index contributed by atoms with van der Waals surface area (Å²) in [5.74, 6) is -2.70. The van der Waals surface area contributed by atoms with Crippen molar-refractivity contribution in [1.82, 2.24) is 9.80 Å². The van der Waals surface area contributed by atoms with Gasteiger partial charge < -0.3 is 14.4 Å². The molecule has 0 unspecified atom stereocenters. The number of hydrogen-bond donors (Lipinski definition) is 0. The molecule has 2 aliphatic heterocycles. The Morgan fingerprint density at radius 1 is 1.09 bits per heavy atom. The van der Waals surface area contributed by atoms with Crippen LogP contribution in [0.5, 0.6) is 5.75 Å². The van der Waals surface area contributed by atoms with Crippen LogP contribution in [0.15, 0.2) is 35.9 Å². The van der Waals surface area contributed by atoms with Crippen molar-refractivity contribution in [1.29, 1.82) is 0 Å². The Morgan fingerprint density at radius 2 is 1.77 bits per heavy atom. The number of amides is 2. The smallest absolute Gasteiger partial charge is 0.471 e. The van der Waals surface area contributed by atoms with Gasteiger partial charge in [-0.2, -0.15) is 26.3 Å². The van der Waals surface area contributed by atoms with E-state index in [1.165, 1.54) is 31.1 Å². The minimum atomic E-state index is -5.13. The first-order valence-electron chi connectivity index (χ1n) is 13.5. The Labute approximate surface area is 244 Å². The van der Waals surface area contributed by atoms with Gasteiger partial charge in [-0.25, -0.2) is 9.18 Å². The van der Waals surface area contributed by atoms with E-state index in [0.717, 1.165) is 12.1 Å². The lowest BCUT2D eigenvalue weighted by molar-refractivity contribution is -0.185.